The molecule has 1 aromatic rings. The van der Waals surface area contributed by atoms with E-state index in [1.165, 1.54) is 0 Å². The van der Waals surface area contributed by atoms with Gasteiger partial charge in [-0.2, -0.15) is 0 Å². The van der Waals surface area contributed by atoms with E-state index >= 15 is 0 Å². The molecule has 0 spiro atoms. The van der Waals surface area contributed by atoms with Gasteiger partial charge in [0.05, 0.1) is 5.60 Å². The lowest BCUT2D eigenvalue weighted by Gasteiger charge is -2.26. The van der Waals surface area contributed by atoms with Crippen LogP contribution in [0.5, 0.6) is 0 Å². The zero-order chi connectivity index (χ0) is 9.90. The predicted octanol–water partition coefficient (Wildman–Crippen LogP) is 3.46. The second kappa shape index (κ2) is 4.25. The summed E-state index contributed by atoms with van der Waals surface area (Å²) in [5.41, 5.74) is 0.306. The quantitative estimate of drug-likeness (QED) is 0.861. The van der Waals surface area contributed by atoms with Crippen molar-refractivity contribution in [3.63, 3.8) is 0 Å². The number of hydrogen-bond acceptors (Lipinski definition) is 1. The highest BCUT2D eigenvalue weighted by atomic mass is 79.9. The smallest absolute Gasteiger partial charge is 0.0902 e. The van der Waals surface area contributed by atoms with E-state index in [1.807, 2.05) is 38.1 Å². The summed E-state index contributed by atoms with van der Waals surface area (Å²) in [6.45, 7) is 4.01. The van der Waals surface area contributed by atoms with E-state index in [4.69, 9.17) is 0 Å². The van der Waals surface area contributed by atoms with Gasteiger partial charge in [-0.25, -0.2) is 0 Å². The average Bonchev–Trinajstić information content (AvgIpc) is 2.17. The van der Waals surface area contributed by atoms with Crippen LogP contribution in [-0.4, -0.2) is 5.11 Å². The fourth-order valence-corrected chi connectivity index (χ4v) is 2.12. The predicted molar refractivity (Wildman–Crippen MR) is 58.6 cm³/mol. The van der Waals surface area contributed by atoms with Crippen molar-refractivity contribution in [1.82, 2.24) is 0 Å². The Morgan fingerprint density at radius 2 is 1.77 bits per heavy atom. The maximum Gasteiger partial charge on any atom is 0.0902 e. The molecule has 0 amide bonds. The highest BCUT2D eigenvalue weighted by Gasteiger charge is 2.26. The molecule has 0 aliphatic heterocycles. The van der Waals surface area contributed by atoms with Crippen LogP contribution in [-0.2, 0) is 5.60 Å². The zero-order valence-corrected chi connectivity index (χ0v) is 9.63. The third-order valence-corrected chi connectivity index (χ3v) is 3.24. The van der Waals surface area contributed by atoms with Crippen LogP contribution in [0.1, 0.15) is 32.3 Å². The van der Waals surface area contributed by atoms with E-state index < -0.39 is 5.60 Å². The van der Waals surface area contributed by atoms with Gasteiger partial charge in [0.1, 0.15) is 0 Å². The molecule has 0 radical (unpaired) electrons. The van der Waals surface area contributed by atoms with Crippen molar-refractivity contribution in [2.75, 3.05) is 0 Å². The summed E-state index contributed by atoms with van der Waals surface area (Å²) in [5.74, 6) is 0. The van der Waals surface area contributed by atoms with Gasteiger partial charge in [0, 0.05) is 4.47 Å². The molecule has 1 nitrogen and oxygen atoms in total. The van der Waals surface area contributed by atoms with Crippen LogP contribution < -0.4 is 0 Å². The SMILES string of the molecule is CCC(O)(CC)c1ccccc1Br. The highest BCUT2D eigenvalue weighted by Crippen LogP contribution is 2.33. The van der Waals surface area contributed by atoms with Gasteiger partial charge in [0.15, 0.2) is 0 Å². The van der Waals surface area contributed by atoms with Crippen molar-refractivity contribution >= 4 is 15.9 Å². The lowest BCUT2D eigenvalue weighted by Crippen LogP contribution is -2.23. The fraction of sp³-hybridized carbons (Fsp3) is 0.455. The number of aliphatic hydroxyl groups is 1. The second-order valence-corrected chi connectivity index (χ2v) is 4.07. The van der Waals surface area contributed by atoms with Crippen LogP contribution in [0.25, 0.3) is 0 Å². The fourth-order valence-electron chi connectivity index (χ4n) is 1.47. The van der Waals surface area contributed by atoms with Crippen LogP contribution in [0.2, 0.25) is 0 Å². The number of benzene rings is 1. The van der Waals surface area contributed by atoms with E-state index in [1.54, 1.807) is 0 Å². The summed E-state index contributed by atoms with van der Waals surface area (Å²) >= 11 is 3.45. The first kappa shape index (κ1) is 10.7. The number of hydrogen-bond donors (Lipinski definition) is 1. The molecule has 72 valence electrons. The summed E-state index contributed by atoms with van der Waals surface area (Å²) in [4.78, 5) is 0. The second-order valence-electron chi connectivity index (χ2n) is 3.22. The van der Waals surface area contributed by atoms with E-state index in [2.05, 4.69) is 15.9 Å². The summed E-state index contributed by atoms with van der Waals surface area (Å²) in [6.07, 6.45) is 1.48. The Bertz CT molecular complexity index is 279. The van der Waals surface area contributed by atoms with Crippen LogP contribution in [0.4, 0.5) is 0 Å². The minimum absolute atomic E-state index is 0.680. The Balaban J connectivity index is 3.12. The standard InChI is InChI=1S/C11H15BrO/c1-3-11(13,4-2)9-7-5-6-8-10(9)12/h5-8,13H,3-4H2,1-2H3. The van der Waals surface area contributed by atoms with Gasteiger partial charge in [0.25, 0.3) is 0 Å². The van der Waals surface area contributed by atoms with Gasteiger partial charge in [-0.15, -0.1) is 0 Å². The first-order valence-corrected chi connectivity index (χ1v) is 5.40. The molecule has 0 unspecified atom stereocenters. The molecular formula is C11H15BrO. The lowest BCUT2D eigenvalue weighted by atomic mass is 9.89. The Hall–Kier alpha value is -0.340. The largest absolute Gasteiger partial charge is 0.385 e. The van der Waals surface area contributed by atoms with Gasteiger partial charge < -0.3 is 5.11 Å². The zero-order valence-electron chi connectivity index (χ0n) is 8.05. The molecule has 0 heterocycles. The summed E-state index contributed by atoms with van der Waals surface area (Å²) in [7, 11) is 0. The van der Waals surface area contributed by atoms with Crippen molar-refractivity contribution in [3.8, 4) is 0 Å². The third-order valence-electron chi connectivity index (χ3n) is 2.54. The first-order valence-electron chi connectivity index (χ1n) is 4.61. The minimum Gasteiger partial charge on any atom is -0.385 e. The van der Waals surface area contributed by atoms with E-state index in [-0.39, 0.29) is 0 Å². The molecule has 0 aliphatic rings. The molecule has 0 fully saturated rings. The first-order chi connectivity index (χ1) is 6.14. The topological polar surface area (TPSA) is 20.2 Å². The Morgan fingerprint density at radius 1 is 1.23 bits per heavy atom. The van der Waals surface area contributed by atoms with E-state index in [0.717, 1.165) is 22.9 Å². The number of rotatable bonds is 3. The van der Waals surface area contributed by atoms with Gasteiger partial charge in [-0.3, -0.25) is 0 Å². The summed E-state index contributed by atoms with van der Waals surface area (Å²) in [6, 6.07) is 7.85. The van der Waals surface area contributed by atoms with Crippen molar-refractivity contribution in [3.05, 3.63) is 34.3 Å². The van der Waals surface area contributed by atoms with E-state index in [9.17, 15) is 5.11 Å². The maximum absolute atomic E-state index is 10.3. The van der Waals surface area contributed by atoms with Crippen molar-refractivity contribution in [2.24, 2.45) is 0 Å². The normalized spacial score (nSPS) is 11.7. The van der Waals surface area contributed by atoms with Crippen molar-refractivity contribution < 1.29 is 5.11 Å². The average molecular weight is 243 g/mol. The molecule has 1 N–H and O–H groups in total. The monoisotopic (exact) mass is 242 g/mol. The third kappa shape index (κ3) is 2.12. The van der Waals surface area contributed by atoms with E-state index in [0.29, 0.717) is 0 Å². The molecule has 2 heteroatoms. The minimum atomic E-state index is -0.680. The summed E-state index contributed by atoms with van der Waals surface area (Å²) in [5, 5.41) is 10.3. The molecule has 0 atom stereocenters. The molecule has 1 aromatic carbocycles. The van der Waals surface area contributed by atoms with Crippen molar-refractivity contribution in [2.45, 2.75) is 32.3 Å². The van der Waals surface area contributed by atoms with Crippen LogP contribution >= 0.6 is 15.9 Å². The van der Waals surface area contributed by atoms with Crippen LogP contribution in [0.3, 0.4) is 0 Å². The molecule has 0 aromatic heterocycles. The van der Waals surface area contributed by atoms with Crippen LogP contribution in [0.15, 0.2) is 28.7 Å². The van der Waals surface area contributed by atoms with Crippen LogP contribution in [0, 0.1) is 0 Å². The van der Waals surface area contributed by atoms with Gasteiger partial charge in [-0.05, 0) is 24.5 Å². The lowest BCUT2D eigenvalue weighted by molar-refractivity contribution is 0.0277. The van der Waals surface area contributed by atoms with Crippen molar-refractivity contribution in [1.29, 1.82) is 0 Å². The maximum atomic E-state index is 10.3. The molecule has 13 heavy (non-hydrogen) atoms. The Labute approximate surface area is 87.9 Å². The van der Waals surface area contributed by atoms with Gasteiger partial charge >= 0.3 is 0 Å². The Kier molecular flexibility index (Phi) is 3.51. The Morgan fingerprint density at radius 3 is 2.23 bits per heavy atom. The highest BCUT2D eigenvalue weighted by molar-refractivity contribution is 9.10. The van der Waals surface area contributed by atoms with Gasteiger partial charge in [0.2, 0.25) is 0 Å². The van der Waals surface area contributed by atoms with Gasteiger partial charge in [-0.1, -0.05) is 48.0 Å². The molecule has 0 bridgehead atoms. The molecule has 0 aliphatic carbocycles. The molecule has 1 rings (SSSR count). The summed E-state index contributed by atoms with van der Waals surface area (Å²) < 4.78 is 0.987. The molecule has 0 saturated carbocycles. The number of halogens is 1. The molecule has 0 saturated heterocycles. The molecular weight excluding hydrogens is 228 g/mol.